The molecule has 0 saturated carbocycles. The quantitative estimate of drug-likeness (QED) is 0.174. The molecule has 0 spiro atoms. The average Bonchev–Trinajstić information content (AvgIpc) is 3.63. The summed E-state index contributed by atoms with van der Waals surface area (Å²) >= 11 is 0. The molecule has 9 aromatic carbocycles. The lowest BCUT2D eigenvalue weighted by Crippen LogP contribution is -2.00. The minimum Gasteiger partial charge on any atom is -0.455 e. The first kappa shape index (κ1) is 29.5. The summed E-state index contributed by atoms with van der Waals surface area (Å²) in [5, 5.41) is 11.3. The maximum Gasteiger partial charge on any atom is 0.164 e. The van der Waals surface area contributed by atoms with Crippen LogP contribution in [0.2, 0.25) is 0 Å². The SMILES string of the molecule is c1ccc(-c2cc(-c3nc(-c4ccc5ccccc5c4)nc(-c4ccc5c6ccccc6c6oc7ccccc7c6c5c4)n3)cc3ccccc23)cc1. The Hall–Kier alpha value is -7.17. The van der Waals surface area contributed by atoms with Crippen molar-refractivity contribution in [2.45, 2.75) is 0 Å². The second kappa shape index (κ2) is 11.7. The van der Waals surface area contributed by atoms with Crippen molar-refractivity contribution in [3.63, 3.8) is 0 Å². The van der Waals surface area contributed by atoms with Crippen LogP contribution >= 0.6 is 0 Å². The molecule has 4 nitrogen and oxygen atoms in total. The van der Waals surface area contributed by atoms with Gasteiger partial charge in [-0.3, -0.25) is 0 Å². The van der Waals surface area contributed by atoms with E-state index in [-0.39, 0.29) is 0 Å². The highest BCUT2D eigenvalue weighted by molar-refractivity contribution is 6.30. The van der Waals surface area contributed by atoms with Gasteiger partial charge in [-0.1, -0.05) is 146 Å². The summed E-state index contributed by atoms with van der Waals surface area (Å²) < 4.78 is 6.55. The molecule has 2 aromatic heterocycles. The largest absolute Gasteiger partial charge is 0.455 e. The lowest BCUT2D eigenvalue weighted by atomic mass is 9.95. The fraction of sp³-hybridized carbons (Fsp3) is 0. The van der Waals surface area contributed by atoms with Gasteiger partial charge >= 0.3 is 0 Å². The molecule has 0 atom stereocenters. The molecule has 0 fully saturated rings. The molecular weight excluding hydrogens is 647 g/mol. The van der Waals surface area contributed by atoms with Crippen molar-refractivity contribution in [2.75, 3.05) is 0 Å². The highest BCUT2D eigenvalue weighted by Crippen LogP contribution is 2.42. The Morgan fingerprint density at radius 3 is 1.70 bits per heavy atom. The van der Waals surface area contributed by atoms with Crippen LogP contribution in [0.3, 0.4) is 0 Å². The molecule has 2 heterocycles. The van der Waals surface area contributed by atoms with Crippen molar-refractivity contribution < 1.29 is 4.42 Å². The molecular formula is C49H29N3O. The summed E-state index contributed by atoms with van der Waals surface area (Å²) in [5.74, 6) is 1.87. The molecule has 0 amide bonds. The molecule has 11 rings (SSSR count). The molecule has 0 saturated heterocycles. The van der Waals surface area contributed by atoms with Crippen molar-refractivity contribution in [3.05, 3.63) is 176 Å². The molecule has 0 N–H and O–H groups in total. The van der Waals surface area contributed by atoms with Crippen LogP contribution in [0.1, 0.15) is 0 Å². The maximum atomic E-state index is 6.55. The van der Waals surface area contributed by atoms with Crippen LogP contribution in [0.15, 0.2) is 180 Å². The van der Waals surface area contributed by atoms with Crippen LogP contribution in [0.5, 0.6) is 0 Å². The smallest absolute Gasteiger partial charge is 0.164 e. The van der Waals surface area contributed by atoms with E-state index in [2.05, 4.69) is 164 Å². The predicted octanol–water partition coefficient (Wildman–Crippen LogP) is 13.1. The zero-order valence-electron chi connectivity index (χ0n) is 28.5. The number of nitrogens with zero attached hydrogens (tertiary/aromatic N) is 3. The first-order valence-electron chi connectivity index (χ1n) is 17.9. The normalized spacial score (nSPS) is 11.8. The van der Waals surface area contributed by atoms with E-state index in [0.717, 1.165) is 82.1 Å². The average molecular weight is 676 g/mol. The number of rotatable bonds is 4. The second-order valence-electron chi connectivity index (χ2n) is 13.6. The zero-order valence-corrected chi connectivity index (χ0v) is 28.5. The summed E-state index contributed by atoms with van der Waals surface area (Å²) in [7, 11) is 0. The van der Waals surface area contributed by atoms with E-state index in [4.69, 9.17) is 19.4 Å². The van der Waals surface area contributed by atoms with Gasteiger partial charge < -0.3 is 4.42 Å². The van der Waals surface area contributed by atoms with Gasteiger partial charge in [0.05, 0.1) is 0 Å². The van der Waals surface area contributed by atoms with Gasteiger partial charge in [0.25, 0.3) is 0 Å². The lowest BCUT2D eigenvalue weighted by molar-refractivity contribution is 0.673. The van der Waals surface area contributed by atoms with Crippen LogP contribution in [0.4, 0.5) is 0 Å². The van der Waals surface area contributed by atoms with E-state index in [9.17, 15) is 0 Å². The monoisotopic (exact) mass is 675 g/mol. The number of aromatic nitrogens is 3. The first-order valence-corrected chi connectivity index (χ1v) is 17.9. The lowest BCUT2D eigenvalue weighted by Gasteiger charge is -2.13. The van der Waals surface area contributed by atoms with Crippen LogP contribution in [0.25, 0.3) is 110 Å². The number of hydrogen-bond acceptors (Lipinski definition) is 4. The highest BCUT2D eigenvalue weighted by atomic mass is 16.3. The van der Waals surface area contributed by atoms with Crippen molar-refractivity contribution in [1.82, 2.24) is 15.0 Å². The van der Waals surface area contributed by atoms with Crippen molar-refractivity contribution >= 4 is 65.0 Å². The second-order valence-corrected chi connectivity index (χ2v) is 13.6. The van der Waals surface area contributed by atoms with E-state index in [1.165, 1.54) is 10.8 Å². The van der Waals surface area contributed by atoms with E-state index in [1.807, 2.05) is 12.1 Å². The Balaban J connectivity index is 1.19. The van der Waals surface area contributed by atoms with Crippen LogP contribution in [-0.2, 0) is 0 Å². The number of hydrogen-bond donors (Lipinski definition) is 0. The molecule has 53 heavy (non-hydrogen) atoms. The Morgan fingerprint density at radius 1 is 0.321 bits per heavy atom. The molecule has 11 aromatic rings. The molecule has 0 radical (unpaired) electrons. The first-order chi connectivity index (χ1) is 26.2. The van der Waals surface area contributed by atoms with Gasteiger partial charge in [0.1, 0.15) is 11.2 Å². The number of benzene rings is 9. The predicted molar refractivity (Wildman–Crippen MR) is 219 cm³/mol. The Labute approximate surface area is 304 Å². The number of furan rings is 1. The summed E-state index contributed by atoms with van der Waals surface area (Å²) in [6, 6.07) is 61.6. The van der Waals surface area contributed by atoms with Crippen molar-refractivity contribution in [2.24, 2.45) is 0 Å². The van der Waals surface area contributed by atoms with Gasteiger partial charge in [-0.15, -0.1) is 0 Å². The van der Waals surface area contributed by atoms with Crippen molar-refractivity contribution in [3.8, 4) is 45.3 Å². The maximum absolute atomic E-state index is 6.55. The number of para-hydroxylation sites is 1. The highest BCUT2D eigenvalue weighted by Gasteiger charge is 2.19. The Bertz CT molecular complexity index is 3240. The topological polar surface area (TPSA) is 51.8 Å². The van der Waals surface area contributed by atoms with E-state index < -0.39 is 0 Å². The van der Waals surface area contributed by atoms with Gasteiger partial charge in [-0.2, -0.15) is 0 Å². The van der Waals surface area contributed by atoms with Crippen LogP contribution in [-0.4, -0.2) is 15.0 Å². The summed E-state index contributed by atoms with van der Waals surface area (Å²) in [4.78, 5) is 15.7. The van der Waals surface area contributed by atoms with Crippen molar-refractivity contribution in [1.29, 1.82) is 0 Å². The third-order valence-electron chi connectivity index (χ3n) is 10.5. The molecule has 0 bridgehead atoms. The minimum absolute atomic E-state index is 0.614. The molecule has 0 aliphatic carbocycles. The molecule has 0 aliphatic heterocycles. The third-order valence-corrected chi connectivity index (χ3v) is 10.5. The summed E-state index contributed by atoms with van der Waals surface area (Å²) in [5.41, 5.74) is 6.83. The van der Waals surface area contributed by atoms with E-state index in [0.29, 0.717) is 17.5 Å². The minimum atomic E-state index is 0.614. The fourth-order valence-electron chi connectivity index (χ4n) is 7.93. The summed E-state index contributed by atoms with van der Waals surface area (Å²) in [6.07, 6.45) is 0. The van der Waals surface area contributed by atoms with E-state index >= 15 is 0 Å². The van der Waals surface area contributed by atoms with E-state index in [1.54, 1.807) is 0 Å². The molecule has 246 valence electrons. The standard InChI is InChI=1S/C49H29N3O/c1-2-13-31(14-3-1)42-29-36(27-33-16-6-7-17-37(33)42)49-51-47(34-23-22-30-12-4-5-15-32(30)26-34)50-48(52-49)35-24-25-39-38-18-8-9-19-40(38)46-45(43(39)28-35)41-20-10-11-21-44(41)53-46/h1-29H. The van der Waals surface area contributed by atoms with Gasteiger partial charge in [-0.25, -0.2) is 15.0 Å². The molecule has 0 aliphatic rings. The van der Waals surface area contributed by atoms with Crippen LogP contribution < -0.4 is 0 Å². The van der Waals surface area contributed by atoms with Crippen LogP contribution in [0, 0.1) is 0 Å². The summed E-state index contributed by atoms with van der Waals surface area (Å²) in [6.45, 7) is 0. The Morgan fingerprint density at radius 2 is 0.887 bits per heavy atom. The molecule has 4 heteroatoms. The number of fused-ring (bicyclic) bond motifs is 10. The molecule has 0 unspecified atom stereocenters. The van der Waals surface area contributed by atoms with Gasteiger partial charge in [0.15, 0.2) is 17.5 Å². The zero-order chi connectivity index (χ0) is 34.9. The van der Waals surface area contributed by atoms with Gasteiger partial charge in [-0.05, 0) is 79.2 Å². The van der Waals surface area contributed by atoms with Gasteiger partial charge in [0, 0.05) is 32.8 Å². The Kier molecular flexibility index (Phi) is 6.52. The van der Waals surface area contributed by atoms with Gasteiger partial charge in [0.2, 0.25) is 0 Å². The fourth-order valence-corrected chi connectivity index (χ4v) is 7.93. The third kappa shape index (κ3) is 4.80.